The first-order valence-corrected chi connectivity index (χ1v) is 8.66. The molecule has 0 radical (unpaired) electrons. The molecule has 0 aliphatic carbocycles. The summed E-state index contributed by atoms with van der Waals surface area (Å²) < 4.78 is 5.20. The lowest BCUT2D eigenvalue weighted by Crippen LogP contribution is -2.45. The summed E-state index contributed by atoms with van der Waals surface area (Å²) in [7, 11) is 0. The third-order valence-electron chi connectivity index (χ3n) is 4.34. The van der Waals surface area contributed by atoms with Gasteiger partial charge in [-0.25, -0.2) is 4.79 Å². The highest BCUT2D eigenvalue weighted by molar-refractivity contribution is 6.30. The number of esters is 1. The highest BCUT2D eigenvalue weighted by Gasteiger charge is 2.41. The quantitative estimate of drug-likeness (QED) is 0.448. The van der Waals surface area contributed by atoms with E-state index in [0.717, 1.165) is 4.90 Å². The molecule has 2 atom stereocenters. The minimum Gasteiger partial charge on any atom is -0.453 e. The second-order valence-corrected chi connectivity index (χ2v) is 6.59. The number of Topliss-reactive ketones (excluding diaryl/α,β-unsaturated/α-hetero) is 1. The molecule has 6 nitrogen and oxygen atoms in total. The van der Waals surface area contributed by atoms with Crippen molar-refractivity contribution < 1.29 is 23.9 Å². The molecule has 0 N–H and O–H groups in total. The molecule has 2 aromatic rings. The number of imide groups is 1. The minimum atomic E-state index is -1.15. The molecule has 0 spiro atoms. The standard InChI is InChI=1S/C20H16ClNO5/c1-11(22-18(24)15-5-3-4-6-16(15)19(22)25)20(26)27-12(2)17(23)13-7-9-14(21)10-8-13/h3-12H,1-2H3. The van der Waals surface area contributed by atoms with Crippen LogP contribution in [0.15, 0.2) is 48.5 Å². The second kappa shape index (κ2) is 7.32. The molecule has 0 saturated heterocycles. The molecule has 0 bridgehead atoms. The van der Waals surface area contributed by atoms with Crippen LogP contribution in [-0.2, 0) is 9.53 Å². The summed E-state index contributed by atoms with van der Waals surface area (Å²) in [6, 6.07) is 11.4. The first kappa shape index (κ1) is 18.8. The van der Waals surface area contributed by atoms with Gasteiger partial charge in [0.05, 0.1) is 11.1 Å². The van der Waals surface area contributed by atoms with E-state index in [-0.39, 0.29) is 11.1 Å². The predicted octanol–water partition coefficient (Wildman–Crippen LogP) is 3.14. The van der Waals surface area contributed by atoms with Crippen LogP contribution in [0.4, 0.5) is 0 Å². The van der Waals surface area contributed by atoms with Crippen LogP contribution in [0.3, 0.4) is 0 Å². The Kier molecular flexibility index (Phi) is 5.10. The smallest absolute Gasteiger partial charge is 0.329 e. The first-order valence-electron chi connectivity index (χ1n) is 8.28. The molecule has 3 rings (SSSR count). The summed E-state index contributed by atoms with van der Waals surface area (Å²) >= 11 is 5.79. The summed E-state index contributed by atoms with van der Waals surface area (Å²) in [4.78, 5) is 50.5. The maximum absolute atomic E-state index is 12.4. The van der Waals surface area contributed by atoms with E-state index in [1.165, 1.54) is 38.1 Å². The first-order chi connectivity index (χ1) is 12.8. The maximum Gasteiger partial charge on any atom is 0.329 e. The van der Waals surface area contributed by atoms with Crippen molar-refractivity contribution in [2.75, 3.05) is 0 Å². The molecular weight excluding hydrogens is 370 g/mol. The number of ketones is 1. The van der Waals surface area contributed by atoms with E-state index in [9.17, 15) is 19.2 Å². The molecule has 0 aromatic heterocycles. The van der Waals surface area contributed by atoms with E-state index < -0.39 is 35.7 Å². The molecule has 2 unspecified atom stereocenters. The number of benzene rings is 2. The van der Waals surface area contributed by atoms with Gasteiger partial charge < -0.3 is 4.74 Å². The Morgan fingerprint density at radius 3 is 1.96 bits per heavy atom. The Morgan fingerprint density at radius 2 is 1.44 bits per heavy atom. The predicted molar refractivity (Wildman–Crippen MR) is 97.7 cm³/mol. The van der Waals surface area contributed by atoms with Gasteiger partial charge in [-0.2, -0.15) is 0 Å². The number of carbonyl (C=O) groups excluding carboxylic acids is 4. The van der Waals surface area contributed by atoms with Crippen LogP contribution in [0.2, 0.25) is 5.02 Å². The van der Waals surface area contributed by atoms with Gasteiger partial charge in [-0.1, -0.05) is 23.7 Å². The van der Waals surface area contributed by atoms with Crippen LogP contribution in [0, 0.1) is 0 Å². The number of halogens is 1. The van der Waals surface area contributed by atoms with Crippen molar-refractivity contribution >= 4 is 35.2 Å². The van der Waals surface area contributed by atoms with Gasteiger partial charge in [0.15, 0.2) is 6.10 Å². The fourth-order valence-corrected chi connectivity index (χ4v) is 2.97. The van der Waals surface area contributed by atoms with Crippen molar-refractivity contribution in [2.45, 2.75) is 26.0 Å². The van der Waals surface area contributed by atoms with E-state index in [0.29, 0.717) is 10.6 Å². The molecule has 1 heterocycles. The number of amides is 2. The number of rotatable bonds is 5. The Bertz CT molecular complexity index is 903. The van der Waals surface area contributed by atoms with Crippen LogP contribution in [0.5, 0.6) is 0 Å². The average molecular weight is 386 g/mol. The van der Waals surface area contributed by atoms with Crippen molar-refractivity contribution in [2.24, 2.45) is 0 Å². The van der Waals surface area contributed by atoms with E-state index in [1.54, 1.807) is 24.3 Å². The number of hydrogen-bond donors (Lipinski definition) is 0. The Hall–Kier alpha value is -2.99. The van der Waals surface area contributed by atoms with E-state index in [2.05, 4.69) is 0 Å². The van der Waals surface area contributed by atoms with Gasteiger partial charge in [0.25, 0.3) is 11.8 Å². The number of carbonyl (C=O) groups is 4. The monoisotopic (exact) mass is 385 g/mol. The van der Waals surface area contributed by atoms with Crippen molar-refractivity contribution in [1.82, 2.24) is 4.90 Å². The van der Waals surface area contributed by atoms with Crippen molar-refractivity contribution in [3.63, 3.8) is 0 Å². The zero-order valence-corrected chi connectivity index (χ0v) is 15.4. The zero-order valence-electron chi connectivity index (χ0n) is 14.6. The molecular formula is C20H16ClNO5. The van der Waals surface area contributed by atoms with Crippen molar-refractivity contribution in [3.8, 4) is 0 Å². The van der Waals surface area contributed by atoms with E-state index in [4.69, 9.17) is 16.3 Å². The number of nitrogens with zero attached hydrogens (tertiary/aromatic N) is 1. The highest BCUT2D eigenvalue weighted by atomic mass is 35.5. The SMILES string of the molecule is CC(OC(=O)C(C)N1C(=O)c2ccccc2C1=O)C(=O)c1ccc(Cl)cc1. The fraction of sp³-hybridized carbons (Fsp3) is 0.200. The lowest BCUT2D eigenvalue weighted by atomic mass is 10.1. The second-order valence-electron chi connectivity index (χ2n) is 6.15. The molecule has 2 amide bonds. The van der Waals surface area contributed by atoms with E-state index >= 15 is 0 Å². The molecule has 0 fully saturated rings. The maximum atomic E-state index is 12.4. The lowest BCUT2D eigenvalue weighted by Gasteiger charge is -2.22. The fourth-order valence-electron chi connectivity index (χ4n) is 2.84. The molecule has 2 aromatic carbocycles. The topological polar surface area (TPSA) is 80.8 Å². The molecule has 1 aliphatic rings. The van der Waals surface area contributed by atoms with Crippen LogP contribution in [0.1, 0.15) is 44.9 Å². The van der Waals surface area contributed by atoms with Crippen molar-refractivity contribution in [3.05, 3.63) is 70.2 Å². The average Bonchev–Trinajstić information content (AvgIpc) is 2.92. The van der Waals surface area contributed by atoms with Gasteiger partial charge in [-0.15, -0.1) is 0 Å². The van der Waals surface area contributed by atoms with Gasteiger partial charge in [0.1, 0.15) is 6.04 Å². The van der Waals surface area contributed by atoms with E-state index in [1.807, 2.05) is 0 Å². The lowest BCUT2D eigenvalue weighted by molar-refractivity contribution is -0.150. The summed E-state index contributed by atoms with van der Waals surface area (Å²) in [6.07, 6.45) is -1.07. The minimum absolute atomic E-state index is 0.243. The molecule has 0 saturated carbocycles. The molecule has 7 heteroatoms. The Balaban J connectivity index is 1.71. The van der Waals surface area contributed by atoms with Gasteiger partial charge in [0.2, 0.25) is 5.78 Å². The molecule has 27 heavy (non-hydrogen) atoms. The van der Waals surface area contributed by atoms with Crippen LogP contribution < -0.4 is 0 Å². The highest BCUT2D eigenvalue weighted by Crippen LogP contribution is 2.25. The zero-order chi connectivity index (χ0) is 19.7. The van der Waals surface area contributed by atoms with Crippen LogP contribution >= 0.6 is 11.6 Å². The third-order valence-corrected chi connectivity index (χ3v) is 4.60. The van der Waals surface area contributed by atoms with Crippen LogP contribution in [-0.4, -0.2) is 40.6 Å². The van der Waals surface area contributed by atoms with Gasteiger partial charge >= 0.3 is 5.97 Å². The number of hydrogen-bond acceptors (Lipinski definition) is 5. The van der Waals surface area contributed by atoms with Gasteiger partial charge in [0, 0.05) is 10.6 Å². The Labute approximate surface area is 160 Å². The molecule has 138 valence electrons. The van der Waals surface area contributed by atoms with Gasteiger partial charge in [-0.3, -0.25) is 19.3 Å². The summed E-state index contributed by atoms with van der Waals surface area (Å²) in [5.74, 6) is -2.36. The molecule has 1 aliphatic heterocycles. The van der Waals surface area contributed by atoms with Crippen molar-refractivity contribution in [1.29, 1.82) is 0 Å². The van der Waals surface area contributed by atoms with Gasteiger partial charge in [-0.05, 0) is 50.2 Å². The van der Waals surface area contributed by atoms with Crippen LogP contribution in [0.25, 0.3) is 0 Å². The Morgan fingerprint density at radius 1 is 0.926 bits per heavy atom. The largest absolute Gasteiger partial charge is 0.453 e. The summed E-state index contributed by atoms with van der Waals surface area (Å²) in [5, 5.41) is 0.482. The summed E-state index contributed by atoms with van der Waals surface area (Å²) in [6.45, 7) is 2.83. The normalized spacial score (nSPS) is 15.3. The third kappa shape index (κ3) is 3.48. The number of ether oxygens (including phenoxy) is 1. The number of fused-ring (bicyclic) bond motifs is 1. The summed E-state index contributed by atoms with van der Waals surface area (Å²) in [5.41, 5.74) is 0.827.